The summed E-state index contributed by atoms with van der Waals surface area (Å²) in [7, 11) is -2.40. The molecular weight excluding hydrogens is 448 g/mol. The molecule has 0 saturated heterocycles. The standard InChI is InChI=1S/C27H26N2O4S/c1-18-8-12-23(13-9-18)34(31,32)25-15-19(2)14-24(27(25)33-3)28-17-26(30)29-22-11-10-20-6-4-5-7-21(20)16-22/h4-16,28H,17H2,1-3H3,(H,29,30). The van der Waals surface area contributed by atoms with Crippen molar-refractivity contribution in [3.05, 3.63) is 90.0 Å². The van der Waals surface area contributed by atoms with Crippen molar-refractivity contribution in [1.29, 1.82) is 0 Å². The Morgan fingerprint density at radius 2 is 1.56 bits per heavy atom. The number of methoxy groups -OCH3 is 1. The molecule has 0 unspecified atom stereocenters. The van der Waals surface area contributed by atoms with Gasteiger partial charge in [0.05, 0.1) is 24.2 Å². The molecule has 0 bridgehead atoms. The highest BCUT2D eigenvalue weighted by atomic mass is 32.2. The SMILES string of the molecule is COc1c(NCC(=O)Nc2ccc3ccccc3c2)cc(C)cc1S(=O)(=O)c1ccc(C)cc1. The number of hydrogen-bond acceptors (Lipinski definition) is 5. The second kappa shape index (κ2) is 9.57. The first-order chi connectivity index (χ1) is 16.3. The van der Waals surface area contributed by atoms with Crippen LogP contribution in [0.4, 0.5) is 11.4 Å². The number of carbonyl (C=O) groups excluding carboxylic acids is 1. The van der Waals surface area contributed by atoms with Gasteiger partial charge in [-0.25, -0.2) is 8.42 Å². The second-order valence-corrected chi connectivity index (χ2v) is 10.0. The molecule has 0 heterocycles. The lowest BCUT2D eigenvalue weighted by molar-refractivity contribution is -0.114. The summed E-state index contributed by atoms with van der Waals surface area (Å²) in [6.07, 6.45) is 0. The quantitative estimate of drug-likeness (QED) is 0.377. The number of carbonyl (C=O) groups is 1. The molecule has 0 radical (unpaired) electrons. The summed E-state index contributed by atoms with van der Waals surface area (Å²) in [6.45, 7) is 3.64. The van der Waals surface area contributed by atoms with Crippen molar-refractivity contribution in [3.63, 3.8) is 0 Å². The first kappa shape index (κ1) is 23.3. The van der Waals surface area contributed by atoms with Gasteiger partial charge in [0.1, 0.15) is 4.90 Å². The van der Waals surface area contributed by atoms with E-state index >= 15 is 0 Å². The maximum Gasteiger partial charge on any atom is 0.243 e. The van der Waals surface area contributed by atoms with Crippen molar-refractivity contribution in [1.82, 2.24) is 0 Å². The van der Waals surface area contributed by atoms with Crippen molar-refractivity contribution >= 4 is 37.9 Å². The van der Waals surface area contributed by atoms with E-state index in [1.165, 1.54) is 7.11 Å². The van der Waals surface area contributed by atoms with Crippen LogP contribution in [0.15, 0.2) is 88.7 Å². The van der Waals surface area contributed by atoms with Crippen molar-refractivity contribution in [3.8, 4) is 5.75 Å². The van der Waals surface area contributed by atoms with Gasteiger partial charge in [-0.3, -0.25) is 4.79 Å². The highest BCUT2D eigenvalue weighted by Crippen LogP contribution is 2.37. The number of ether oxygens (including phenoxy) is 1. The molecule has 4 rings (SSSR count). The molecule has 4 aromatic rings. The fourth-order valence-corrected chi connectivity index (χ4v) is 5.30. The fourth-order valence-electron chi connectivity index (χ4n) is 3.77. The normalized spacial score (nSPS) is 11.3. The van der Waals surface area contributed by atoms with Crippen LogP contribution < -0.4 is 15.4 Å². The number of amides is 1. The summed E-state index contributed by atoms with van der Waals surface area (Å²) < 4.78 is 32.1. The average molecular weight is 475 g/mol. The van der Waals surface area contributed by atoms with E-state index in [1.807, 2.05) is 49.4 Å². The summed E-state index contributed by atoms with van der Waals surface area (Å²) in [5.74, 6) is -0.0912. The molecule has 0 aliphatic carbocycles. The highest BCUT2D eigenvalue weighted by molar-refractivity contribution is 7.91. The first-order valence-corrected chi connectivity index (χ1v) is 12.3. The van der Waals surface area contributed by atoms with Crippen molar-refractivity contribution in [2.24, 2.45) is 0 Å². The van der Waals surface area contributed by atoms with Gasteiger partial charge in [0.15, 0.2) is 5.75 Å². The lowest BCUT2D eigenvalue weighted by Gasteiger charge is -2.17. The Labute approximate surface area is 199 Å². The van der Waals surface area contributed by atoms with E-state index < -0.39 is 9.84 Å². The zero-order chi connectivity index (χ0) is 24.3. The van der Waals surface area contributed by atoms with Crippen LogP contribution in [0.2, 0.25) is 0 Å². The zero-order valence-corrected chi connectivity index (χ0v) is 20.1. The number of nitrogens with one attached hydrogen (secondary N) is 2. The maximum atomic E-state index is 13.3. The van der Waals surface area contributed by atoms with E-state index in [0.717, 1.165) is 21.9 Å². The van der Waals surface area contributed by atoms with Gasteiger partial charge in [0.2, 0.25) is 15.7 Å². The predicted octanol–water partition coefficient (Wildman–Crippen LogP) is 5.35. The van der Waals surface area contributed by atoms with Gasteiger partial charge >= 0.3 is 0 Å². The molecule has 6 nitrogen and oxygen atoms in total. The Bertz CT molecular complexity index is 1460. The molecule has 0 aliphatic heterocycles. The van der Waals surface area contributed by atoms with E-state index in [1.54, 1.807) is 43.3 Å². The van der Waals surface area contributed by atoms with Crippen LogP contribution >= 0.6 is 0 Å². The molecule has 2 N–H and O–H groups in total. The van der Waals surface area contributed by atoms with Crippen LogP contribution in [0.3, 0.4) is 0 Å². The van der Waals surface area contributed by atoms with Crippen LogP contribution in [-0.2, 0) is 14.6 Å². The second-order valence-electron chi connectivity index (χ2n) is 8.12. The van der Waals surface area contributed by atoms with Crippen molar-refractivity contribution in [2.75, 3.05) is 24.3 Å². The molecule has 0 aliphatic rings. The van der Waals surface area contributed by atoms with Crippen LogP contribution in [0.25, 0.3) is 10.8 Å². The molecule has 0 aromatic heterocycles. The van der Waals surface area contributed by atoms with E-state index in [0.29, 0.717) is 11.4 Å². The molecular formula is C27H26N2O4S. The Kier molecular flexibility index (Phi) is 6.56. The van der Waals surface area contributed by atoms with E-state index in [4.69, 9.17) is 4.74 Å². The Hall–Kier alpha value is -3.84. The minimum absolute atomic E-state index is 0.0521. The first-order valence-electron chi connectivity index (χ1n) is 10.8. The summed E-state index contributed by atoms with van der Waals surface area (Å²) in [5, 5.41) is 8.02. The molecule has 0 atom stereocenters. The van der Waals surface area contributed by atoms with Gasteiger partial charge in [-0.1, -0.05) is 48.0 Å². The van der Waals surface area contributed by atoms with Gasteiger partial charge in [-0.15, -0.1) is 0 Å². The average Bonchev–Trinajstić information content (AvgIpc) is 2.82. The largest absolute Gasteiger partial charge is 0.493 e. The summed E-state index contributed by atoms with van der Waals surface area (Å²) in [6, 6.07) is 23.6. The smallest absolute Gasteiger partial charge is 0.243 e. The summed E-state index contributed by atoms with van der Waals surface area (Å²) in [4.78, 5) is 12.8. The fraction of sp³-hybridized carbons (Fsp3) is 0.148. The number of sulfone groups is 1. The molecule has 0 spiro atoms. The zero-order valence-electron chi connectivity index (χ0n) is 19.3. The number of benzene rings is 4. The van der Waals surface area contributed by atoms with E-state index in [9.17, 15) is 13.2 Å². The van der Waals surface area contributed by atoms with E-state index in [-0.39, 0.29) is 28.0 Å². The van der Waals surface area contributed by atoms with Crippen LogP contribution in [0, 0.1) is 13.8 Å². The van der Waals surface area contributed by atoms with Gasteiger partial charge < -0.3 is 15.4 Å². The van der Waals surface area contributed by atoms with Gasteiger partial charge in [-0.05, 0) is 66.6 Å². The van der Waals surface area contributed by atoms with Crippen molar-refractivity contribution < 1.29 is 17.9 Å². The lowest BCUT2D eigenvalue weighted by Crippen LogP contribution is -2.22. The summed E-state index contributed by atoms with van der Waals surface area (Å²) in [5.41, 5.74) is 2.81. The number of fused-ring (bicyclic) bond motifs is 1. The van der Waals surface area contributed by atoms with Crippen LogP contribution in [0.1, 0.15) is 11.1 Å². The molecule has 174 valence electrons. The Morgan fingerprint density at radius 1 is 0.853 bits per heavy atom. The van der Waals surface area contributed by atoms with E-state index in [2.05, 4.69) is 10.6 Å². The number of aryl methyl sites for hydroxylation is 2. The van der Waals surface area contributed by atoms with Crippen LogP contribution in [-0.4, -0.2) is 28.0 Å². The number of anilines is 2. The summed E-state index contributed by atoms with van der Waals surface area (Å²) >= 11 is 0. The molecule has 4 aromatic carbocycles. The third-order valence-corrected chi connectivity index (χ3v) is 7.27. The topological polar surface area (TPSA) is 84.5 Å². The highest BCUT2D eigenvalue weighted by Gasteiger charge is 2.25. The molecule has 1 amide bonds. The molecule has 7 heteroatoms. The monoisotopic (exact) mass is 474 g/mol. The minimum Gasteiger partial charge on any atom is -0.493 e. The molecule has 0 fully saturated rings. The van der Waals surface area contributed by atoms with Gasteiger partial charge in [0.25, 0.3) is 0 Å². The van der Waals surface area contributed by atoms with Crippen molar-refractivity contribution in [2.45, 2.75) is 23.6 Å². The van der Waals surface area contributed by atoms with Gasteiger partial charge in [0, 0.05) is 5.69 Å². The number of rotatable bonds is 7. The molecule has 0 saturated carbocycles. The maximum absolute atomic E-state index is 13.3. The third-order valence-electron chi connectivity index (χ3n) is 5.50. The lowest BCUT2D eigenvalue weighted by atomic mass is 10.1. The number of hydrogen-bond donors (Lipinski definition) is 2. The third kappa shape index (κ3) is 4.89. The molecule has 34 heavy (non-hydrogen) atoms. The van der Waals surface area contributed by atoms with Crippen LogP contribution in [0.5, 0.6) is 5.75 Å². The minimum atomic E-state index is -3.82. The Morgan fingerprint density at radius 3 is 2.26 bits per heavy atom. The predicted molar refractivity (Wildman–Crippen MR) is 135 cm³/mol. The Balaban J connectivity index is 1.56. The van der Waals surface area contributed by atoms with Gasteiger partial charge in [-0.2, -0.15) is 0 Å².